The van der Waals surface area contributed by atoms with Gasteiger partial charge in [0.25, 0.3) is 5.91 Å². The summed E-state index contributed by atoms with van der Waals surface area (Å²) in [5.74, 6) is 1.36. The molecule has 1 aliphatic rings. The van der Waals surface area contributed by atoms with Gasteiger partial charge < -0.3 is 19.5 Å². The van der Waals surface area contributed by atoms with Gasteiger partial charge in [-0.05, 0) is 24.3 Å². The van der Waals surface area contributed by atoms with Crippen LogP contribution in [-0.4, -0.2) is 25.7 Å². The first-order valence-electron chi connectivity index (χ1n) is 7.39. The van der Waals surface area contributed by atoms with Crippen LogP contribution in [0, 0.1) is 0 Å². The molecule has 0 spiro atoms. The monoisotopic (exact) mass is 367 g/mol. The Morgan fingerprint density at radius 2 is 1.75 bits per heavy atom. The van der Waals surface area contributed by atoms with Gasteiger partial charge >= 0.3 is 0 Å². The van der Waals surface area contributed by atoms with Gasteiger partial charge in [0.1, 0.15) is 5.75 Å². The molecule has 0 radical (unpaired) electrons. The van der Waals surface area contributed by atoms with Crippen LogP contribution in [0.4, 0.5) is 5.69 Å². The van der Waals surface area contributed by atoms with Gasteiger partial charge in [0.15, 0.2) is 18.1 Å². The van der Waals surface area contributed by atoms with Crippen molar-refractivity contribution in [2.24, 2.45) is 0 Å². The summed E-state index contributed by atoms with van der Waals surface area (Å²) in [5, 5.41) is 3.68. The first-order valence-corrected chi connectivity index (χ1v) is 8.15. The molecule has 1 N–H and O–H groups in total. The minimum atomic E-state index is -0.332. The number of rotatable bonds is 4. The minimum Gasteiger partial charge on any atom is -0.490 e. The van der Waals surface area contributed by atoms with E-state index in [0.29, 0.717) is 46.2 Å². The molecular weight excluding hydrogens is 353 g/mol. The maximum atomic E-state index is 12.0. The van der Waals surface area contributed by atoms with Gasteiger partial charge in [0.05, 0.1) is 23.9 Å². The zero-order valence-corrected chi connectivity index (χ0v) is 14.2. The molecule has 1 amide bonds. The highest BCUT2D eigenvalue weighted by Crippen LogP contribution is 2.37. The molecule has 7 heteroatoms. The van der Waals surface area contributed by atoms with Crippen molar-refractivity contribution < 1.29 is 19.0 Å². The van der Waals surface area contributed by atoms with E-state index in [4.69, 9.17) is 37.4 Å². The molecule has 5 nitrogen and oxygen atoms in total. The number of halogens is 2. The average Bonchev–Trinajstić information content (AvgIpc) is 2.79. The predicted molar refractivity (Wildman–Crippen MR) is 92.6 cm³/mol. The Hall–Kier alpha value is -2.11. The van der Waals surface area contributed by atoms with E-state index >= 15 is 0 Å². The molecular formula is C17H15Cl2NO4. The molecule has 2 aromatic carbocycles. The summed E-state index contributed by atoms with van der Waals surface area (Å²) in [5.41, 5.74) is 0.450. The Bertz CT molecular complexity index is 734. The van der Waals surface area contributed by atoms with Crippen LogP contribution in [0.25, 0.3) is 0 Å². The highest BCUT2D eigenvalue weighted by Gasteiger charge is 2.15. The van der Waals surface area contributed by atoms with Crippen LogP contribution in [0.15, 0.2) is 36.4 Å². The minimum absolute atomic E-state index is 0.146. The second kappa shape index (κ2) is 7.64. The summed E-state index contributed by atoms with van der Waals surface area (Å²) >= 11 is 12.0. The van der Waals surface area contributed by atoms with Crippen LogP contribution in [-0.2, 0) is 4.79 Å². The summed E-state index contributed by atoms with van der Waals surface area (Å²) in [6.45, 7) is 0.984. The fourth-order valence-electron chi connectivity index (χ4n) is 2.15. The van der Waals surface area contributed by atoms with Gasteiger partial charge in [-0.15, -0.1) is 0 Å². The van der Waals surface area contributed by atoms with Crippen molar-refractivity contribution in [3.63, 3.8) is 0 Å². The highest BCUT2D eigenvalue weighted by molar-refractivity contribution is 6.34. The zero-order valence-electron chi connectivity index (χ0n) is 12.7. The van der Waals surface area contributed by atoms with Crippen molar-refractivity contribution in [2.75, 3.05) is 25.1 Å². The van der Waals surface area contributed by atoms with Crippen molar-refractivity contribution in [1.82, 2.24) is 0 Å². The number of nitrogens with one attached hydrogen (secondary N) is 1. The van der Waals surface area contributed by atoms with Crippen molar-refractivity contribution in [3.8, 4) is 17.2 Å². The van der Waals surface area contributed by atoms with Crippen molar-refractivity contribution in [3.05, 3.63) is 46.4 Å². The van der Waals surface area contributed by atoms with Crippen molar-refractivity contribution in [1.29, 1.82) is 0 Å². The summed E-state index contributed by atoms with van der Waals surface area (Å²) in [6, 6.07) is 10.1. The Morgan fingerprint density at radius 1 is 1.08 bits per heavy atom. The summed E-state index contributed by atoms with van der Waals surface area (Å²) in [6.07, 6.45) is 0.795. The number of hydrogen-bond acceptors (Lipinski definition) is 4. The fraction of sp³-hybridized carbons (Fsp3) is 0.235. The molecule has 1 heterocycles. The van der Waals surface area contributed by atoms with E-state index in [1.807, 2.05) is 0 Å². The van der Waals surface area contributed by atoms with Gasteiger partial charge in [-0.2, -0.15) is 0 Å². The van der Waals surface area contributed by atoms with E-state index in [-0.39, 0.29) is 12.5 Å². The van der Waals surface area contributed by atoms with E-state index in [0.717, 1.165) is 6.42 Å². The molecule has 0 fully saturated rings. The van der Waals surface area contributed by atoms with Gasteiger partial charge in [-0.1, -0.05) is 23.2 Å². The van der Waals surface area contributed by atoms with Crippen LogP contribution < -0.4 is 19.5 Å². The van der Waals surface area contributed by atoms with Gasteiger partial charge in [-0.3, -0.25) is 4.79 Å². The van der Waals surface area contributed by atoms with E-state index in [1.54, 1.807) is 36.4 Å². The molecule has 0 aromatic heterocycles. The fourth-order valence-corrected chi connectivity index (χ4v) is 2.47. The van der Waals surface area contributed by atoms with E-state index < -0.39 is 0 Å². The molecule has 0 atom stereocenters. The Kier molecular flexibility index (Phi) is 5.33. The molecule has 1 aliphatic heterocycles. The molecule has 0 unspecified atom stereocenters. The van der Waals surface area contributed by atoms with Gasteiger partial charge in [0, 0.05) is 23.6 Å². The average molecular weight is 368 g/mol. The van der Waals surface area contributed by atoms with E-state index in [9.17, 15) is 4.79 Å². The second-order valence-electron chi connectivity index (χ2n) is 5.12. The summed E-state index contributed by atoms with van der Waals surface area (Å²) in [4.78, 5) is 12.0. The number of ether oxygens (including phenoxy) is 3. The van der Waals surface area contributed by atoms with Gasteiger partial charge in [0.2, 0.25) is 0 Å². The number of carbonyl (C=O) groups is 1. The Morgan fingerprint density at radius 3 is 2.46 bits per heavy atom. The number of amides is 1. The van der Waals surface area contributed by atoms with E-state index in [2.05, 4.69) is 5.32 Å². The maximum absolute atomic E-state index is 12.0. The lowest BCUT2D eigenvalue weighted by Gasteiger charge is -2.13. The van der Waals surface area contributed by atoms with Crippen LogP contribution in [0.3, 0.4) is 0 Å². The largest absolute Gasteiger partial charge is 0.490 e. The summed E-state index contributed by atoms with van der Waals surface area (Å²) < 4.78 is 16.5. The Balaban J connectivity index is 1.63. The van der Waals surface area contributed by atoms with Crippen LogP contribution in [0.2, 0.25) is 10.0 Å². The van der Waals surface area contributed by atoms with Crippen LogP contribution in [0.5, 0.6) is 17.2 Å². The zero-order chi connectivity index (χ0) is 16.9. The third-order valence-electron chi connectivity index (χ3n) is 3.29. The summed E-state index contributed by atoms with van der Waals surface area (Å²) in [7, 11) is 0. The van der Waals surface area contributed by atoms with Gasteiger partial charge in [-0.25, -0.2) is 0 Å². The normalized spacial score (nSPS) is 13.1. The topological polar surface area (TPSA) is 56.8 Å². The SMILES string of the molecule is O=C(COc1ccc(Cl)cc1)Nc1cc2c(cc1Cl)OCCCO2. The number of carbonyl (C=O) groups excluding carboxylic acids is 1. The molecule has 126 valence electrons. The predicted octanol–water partition coefficient (Wildman–Crippen LogP) is 4.17. The standard InChI is InChI=1S/C17H15Cl2NO4/c18-11-2-4-12(5-3-11)24-10-17(21)20-14-9-16-15(8-13(14)19)22-6-1-7-23-16/h2-5,8-9H,1,6-7,10H2,(H,20,21). The lowest BCUT2D eigenvalue weighted by Crippen LogP contribution is -2.20. The lowest BCUT2D eigenvalue weighted by atomic mass is 10.2. The first-order chi connectivity index (χ1) is 11.6. The number of benzene rings is 2. The molecule has 2 aromatic rings. The van der Waals surface area contributed by atoms with Crippen molar-refractivity contribution in [2.45, 2.75) is 6.42 Å². The highest BCUT2D eigenvalue weighted by atomic mass is 35.5. The second-order valence-corrected chi connectivity index (χ2v) is 5.96. The Labute approximate surface area is 149 Å². The molecule has 0 saturated carbocycles. The maximum Gasteiger partial charge on any atom is 0.262 e. The number of fused-ring (bicyclic) bond motifs is 1. The molecule has 3 rings (SSSR count). The lowest BCUT2D eigenvalue weighted by molar-refractivity contribution is -0.118. The van der Waals surface area contributed by atoms with Crippen molar-refractivity contribution >= 4 is 34.8 Å². The van der Waals surface area contributed by atoms with Crippen LogP contribution in [0.1, 0.15) is 6.42 Å². The smallest absolute Gasteiger partial charge is 0.262 e. The molecule has 0 aliphatic carbocycles. The molecule has 0 saturated heterocycles. The number of hydrogen-bond donors (Lipinski definition) is 1. The first kappa shape index (κ1) is 16.7. The quantitative estimate of drug-likeness (QED) is 0.880. The molecule has 0 bridgehead atoms. The molecule has 24 heavy (non-hydrogen) atoms. The third kappa shape index (κ3) is 4.24. The number of anilines is 1. The van der Waals surface area contributed by atoms with E-state index in [1.165, 1.54) is 0 Å². The van der Waals surface area contributed by atoms with Crippen LogP contribution >= 0.6 is 23.2 Å². The third-order valence-corrected chi connectivity index (χ3v) is 3.86.